The van der Waals surface area contributed by atoms with Crippen LogP contribution in [0.15, 0.2) is 189 Å². The molecule has 0 spiro atoms. The Morgan fingerprint density at radius 3 is 1.52 bits per heavy atom. The van der Waals surface area contributed by atoms with Crippen molar-refractivity contribution in [2.24, 2.45) is 0 Å². The zero-order valence-electron chi connectivity index (χ0n) is 34.2. The van der Waals surface area contributed by atoms with Gasteiger partial charge in [0.1, 0.15) is 0 Å². The van der Waals surface area contributed by atoms with Crippen molar-refractivity contribution in [1.29, 1.82) is 10.8 Å². The summed E-state index contributed by atoms with van der Waals surface area (Å²) in [4.78, 5) is 29.1. The predicted octanol–water partition coefficient (Wildman–Crippen LogP) is 13.3. The summed E-state index contributed by atoms with van der Waals surface area (Å²) in [7, 11) is 0. The van der Waals surface area contributed by atoms with E-state index in [-0.39, 0.29) is 5.71 Å². The van der Waals surface area contributed by atoms with Crippen molar-refractivity contribution in [3.05, 3.63) is 195 Å². The normalized spacial score (nSPS) is 11.6. The highest BCUT2D eigenvalue weighted by atomic mass is 14.8. The molecule has 8 heteroatoms. The van der Waals surface area contributed by atoms with Crippen molar-refractivity contribution in [2.75, 3.05) is 0 Å². The second kappa shape index (κ2) is 14.9. The van der Waals surface area contributed by atoms with Crippen molar-refractivity contribution in [1.82, 2.24) is 29.9 Å². The Morgan fingerprint density at radius 2 is 0.969 bits per heavy atom. The molecule has 5 aromatic heterocycles. The molecule has 5 heterocycles. The fourth-order valence-electron chi connectivity index (χ4n) is 9.30. The fourth-order valence-corrected chi connectivity index (χ4v) is 9.30. The maximum absolute atomic E-state index is 8.36. The van der Waals surface area contributed by atoms with Gasteiger partial charge in [0.2, 0.25) is 0 Å². The van der Waals surface area contributed by atoms with E-state index in [0.717, 1.165) is 127 Å². The first-order valence-electron chi connectivity index (χ1n) is 21.0. The number of nitrogens with zero attached hydrogens (tertiary/aromatic N) is 6. The van der Waals surface area contributed by atoms with Crippen LogP contribution in [-0.2, 0) is 0 Å². The number of hydrogen-bond donors (Lipinski definition) is 2. The van der Waals surface area contributed by atoms with Crippen LogP contribution in [0.25, 0.3) is 121 Å². The minimum Gasteiger partial charge on any atom is -0.307 e. The zero-order valence-corrected chi connectivity index (χ0v) is 34.2. The number of fused-ring (bicyclic) bond motifs is 7. The van der Waals surface area contributed by atoms with Crippen LogP contribution in [0.4, 0.5) is 0 Å². The summed E-state index contributed by atoms with van der Waals surface area (Å²) in [5.41, 5.74) is 14.2. The lowest BCUT2D eigenvalue weighted by atomic mass is 9.90. The molecule has 0 amide bonds. The highest BCUT2D eigenvalue weighted by Crippen LogP contribution is 2.43. The Balaban J connectivity index is 1.14. The van der Waals surface area contributed by atoms with E-state index in [0.29, 0.717) is 5.56 Å². The van der Waals surface area contributed by atoms with Gasteiger partial charge in [-0.3, -0.25) is 25.3 Å². The number of rotatable bonds is 7. The van der Waals surface area contributed by atoms with Gasteiger partial charge in [-0.05, 0) is 80.2 Å². The molecule has 0 saturated heterocycles. The van der Waals surface area contributed by atoms with Gasteiger partial charge in [-0.25, -0.2) is 9.97 Å². The topological polar surface area (TPSA) is 125 Å². The van der Waals surface area contributed by atoms with E-state index in [1.54, 1.807) is 31.0 Å². The summed E-state index contributed by atoms with van der Waals surface area (Å²) >= 11 is 0. The number of benzene rings is 7. The third-order valence-electron chi connectivity index (χ3n) is 12.3. The Bertz CT molecular complexity index is 3870. The first-order chi connectivity index (χ1) is 31.6. The molecule has 0 aliphatic rings. The van der Waals surface area contributed by atoms with Crippen molar-refractivity contribution >= 4 is 77.1 Å². The zero-order chi connectivity index (χ0) is 42.7. The molecule has 2 N–H and O–H groups in total. The molecule has 0 unspecified atom stereocenters. The molecule has 12 rings (SSSR count). The lowest BCUT2D eigenvalue weighted by Crippen LogP contribution is -1.99. The molecule has 0 fully saturated rings. The van der Waals surface area contributed by atoms with Gasteiger partial charge < -0.3 is 5.41 Å². The van der Waals surface area contributed by atoms with Crippen molar-refractivity contribution in [2.45, 2.75) is 0 Å². The van der Waals surface area contributed by atoms with E-state index in [9.17, 15) is 0 Å². The van der Waals surface area contributed by atoms with Crippen LogP contribution in [0.3, 0.4) is 0 Å². The van der Waals surface area contributed by atoms with E-state index in [1.165, 1.54) is 0 Å². The molecule has 0 aliphatic carbocycles. The largest absolute Gasteiger partial charge is 0.307 e. The number of pyridine rings is 4. The average molecular weight is 819 g/mol. The Kier molecular flexibility index (Phi) is 8.62. The maximum atomic E-state index is 8.36. The number of nitrogens with one attached hydrogen (secondary N) is 2. The van der Waals surface area contributed by atoms with Gasteiger partial charge in [-0.2, -0.15) is 0 Å². The van der Waals surface area contributed by atoms with Crippen LogP contribution in [0.2, 0.25) is 0 Å². The van der Waals surface area contributed by atoms with Crippen LogP contribution in [0.5, 0.6) is 0 Å². The van der Waals surface area contributed by atoms with Crippen LogP contribution < -0.4 is 0 Å². The lowest BCUT2D eigenvalue weighted by molar-refractivity contribution is 1.21. The highest BCUT2D eigenvalue weighted by Gasteiger charge is 2.20. The van der Waals surface area contributed by atoms with Crippen molar-refractivity contribution in [3.63, 3.8) is 0 Å². The van der Waals surface area contributed by atoms with E-state index < -0.39 is 0 Å². The van der Waals surface area contributed by atoms with Crippen LogP contribution >= 0.6 is 0 Å². The Morgan fingerprint density at radius 1 is 0.422 bits per heavy atom. The molecular weight excluding hydrogens is 785 g/mol. The quantitative estimate of drug-likeness (QED) is 0.0937. The second-order valence-electron chi connectivity index (χ2n) is 15.9. The van der Waals surface area contributed by atoms with Gasteiger partial charge >= 0.3 is 0 Å². The molecule has 0 aliphatic heterocycles. The standard InChI is InChI=1S/C56H34N8/c57-29-49(58)37-13-11-33-5-1-9-41(47(33)25-37)35-15-17-43-50(27-35)63-55-45(53(43)39-7-3-21-59-30-39)19-20-46-54(40-8-4-22-60-31-40)44-18-16-36(28-51(44)64-56(46)55)42-10-2-6-34-12-14-38(26-48(34)42)52-32-61-23-24-62-52/h1-32,57-58H. The third kappa shape index (κ3) is 6.08. The van der Waals surface area contributed by atoms with Crippen molar-refractivity contribution in [3.8, 4) is 55.8 Å². The number of aromatic nitrogens is 6. The molecule has 298 valence electrons. The predicted molar refractivity (Wildman–Crippen MR) is 261 cm³/mol. The highest BCUT2D eigenvalue weighted by molar-refractivity contribution is 6.36. The van der Waals surface area contributed by atoms with Crippen LogP contribution in [-0.4, -0.2) is 41.8 Å². The lowest BCUT2D eigenvalue weighted by Gasteiger charge is -2.17. The van der Waals surface area contributed by atoms with Gasteiger partial charge in [0.05, 0.1) is 39.7 Å². The minimum absolute atomic E-state index is 0.166. The summed E-state index contributed by atoms with van der Waals surface area (Å²) in [6.07, 6.45) is 13.7. The molecule has 0 atom stereocenters. The van der Waals surface area contributed by atoms with Gasteiger partial charge in [0.25, 0.3) is 0 Å². The van der Waals surface area contributed by atoms with E-state index in [1.807, 2.05) is 42.7 Å². The molecule has 0 radical (unpaired) electrons. The SMILES string of the molecule is N=CC(=N)c1ccc2cccc(-c3ccc4c(-c5cccnc5)c5ccc6c(-c7cccnc7)c7ccc(-c8cccc9ccc(-c%10cnccn%10)cc89)cc7nc6c5nc4c3)c2c1. The molecule has 12 aromatic rings. The first kappa shape index (κ1) is 36.9. The number of hydrogen-bond acceptors (Lipinski definition) is 8. The average Bonchev–Trinajstić information content (AvgIpc) is 3.36. The molecule has 0 bridgehead atoms. The van der Waals surface area contributed by atoms with Gasteiger partial charge in [0.15, 0.2) is 0 Å². The molecule has 7 aromatic carbocycles. The molecule has 8 nitrogen and oxygen atoms in total. The van der Waals surface area contributed by atoms with Crippen LogP contribution in [0, 0.1) is 10.8 Å². The maximum Gasteiger partial charge on any atom is 0.0979 e. The summed E-state index contributed by atoms with van der Waals surface area (Å²) in [5, 5.41) is 24.4. The van der Waals surface area contributed by atoms with Gasteiger partial charge in [-0.15, -0.1) is 0 Å². The van der Waals surface area contributed by atoms with Gasteiger partial charge in [-0.1, -0.05) is 109 Å². The third-order valence-corrected chi connectivity index (χ3v) is 12.3. The minimum atomic E-state index is 0.166. The fraction of sp³-hybridized carbons (Fsp3) is 0. The summed E-state index contributed by atoms with van der Waals surface area (Å²) in [6, 6.07) is 50.6. The van der Waals surface area contributed by atoms with Gasteiger partial charge in [0, 0.05) is 98.3 Å². The summed E-state index contributed by atoms with van der Waals surface area (Å²) in [5.74, 6) is 0. The summed E-state index contributed by atoms with van der Waals surface area (Å²) < 4.78 is 0. The Hall–Kier alpha value is -8.88. The monoisotopic (exact) mass is 818 g/mol. The van der Waals surface area contributed by atoms with E-state index in [2.05, 4.69) is 135 Å². The smallest absolute Gasteiger partial charge is 0.0979 e. The Labute approximate surface area is 366 Å². The van der Waals surface area contributed by atoms with E-state index in [4.69, 9.17) is 20.8 Å². The molecular formula is C56H34N8. The second-order valence-corrected chi connectivity index (χ2v) is 15.9. The van der Waals surface area contributed by atoms with Crippen LogP contribution in [0.1, 0.15) is 5.56 Å². The van der Waals surface area contributed by atoms with Crippen molar-refractivity contribution < 1.29 is 0 Å². The van der Waals surface area contributed by atoms with E-state index >= 15 is 0 Å². The molecule has 0 saturated carbocycles. The first-order valence-corrected chi connectivity index (χ1v) is 21.0. The molecule has 64 heavy (non-hydrogen) atoms. The summed E-state index contributed by atoms with van der Waals surface area (Å²) in [6.45, 7) is 0.